The molecule has 0 N–H and O–H groups in total. The Hall–Kier alpha value is -1.20. The van der Waals surface area contributed by atoms with Crippen molar-refractivity contribution in [2.24, 2.45) is 11.1 Å². The fourth-order valence-corrected chi connectivity index (χ4v) is 1.23. The van der Waals surface area contributed by atoms with Crippen molar-refractivity contribution in [3.63, 3.8) is 0 Å². The molecule has 0 saturated carbocycles. The molecule has 2 atom stereocenters. The van der Waals surface area contributed by atoms with E-state index in [1.165, 1.54) is 6.26 Å². The summed E-state index contributed by atoms with van der Waals surface area (Å²) in [7, 11) is 0. The Labute approximate surface area is 71.8 Å². The lowest BCUT2D eigenvalue weighted by Crippen LogP contribution is -2.34. The maximum absolute atomic E-state index is 12.1. The van der Waals surface area contributed by atoms with Gasteiger partial charge in [-0.3, -0.25) is 0 Å². The fraction of sp³-hybridized carbons (Fsp3) is 0.571. The van der Waals surface area contributed by atoms with Gasteiger partial charge in [-0.2, -0.15) is 13.2 Å². The fourth-order valence-electron chi connectivity index (χ4n) is 1.23. The van der Waals surface area contributed by atoms with E-state index >= 15 is 0 Å². The van der Waals surface area contributed by atoms with Crippen LogP contribution in [0.1, 0.15) is 6.42 Å². The molecule has 0 aliphatic carbocycles. The van der Waals surface area contributed by atoms with E-state index in [0.717, 1.165) is 0 Å². The molecule has 2 heterocycles. The summed E-state index contributed by atoms with van der Waals surface area (Å²) in [5, 5.41) is 2.97. The van der Waals surface area contributed by atoms with Crippen LogP contribution in [0.2, 0.25) is 0 Å². The van der Waals surface area contributed by atoms with Gasteiger partial charge in [-0.1, -0.05) is 5.16 Å². The van der Waals surface area contributed by atoms with Gasteiger partial charge in [-0.05, 0) is 6.08 Å². The Morgan fingerprint density at radius 2 is 2.23 bits per heavy atom. The van der Waals surface area contributed by atoms with Crippen molar-refractivity contribution in [2.45, 2.75) is 18.9 Å². The predicted molar refractivity (Wildman–Crippen MR) is 36.7 cm³/mol. The first kappa shape index (κ1) is 8.40. The first-order valence-corrected chi connectivity index (χ1v) is 3.69. The quantitative estimate of drug-likeness (QED) is 0.587. The van der Waals surface area contributed by atoms with E-state index in [9.17, 15) is 13.2 Å². The molecular formula is C7H6F3NO2. The number of halogens is 3. The molecule has 2 aliphatic heterocycles. The van der Waals surface area contributed by atoms with Gasteiger partial charge in [-0.25, -0.2) is 0 Å². The largest absolute Gasteiger partial charge is 0.460 e. The number of alkyl halides is 3. The molecule has 0 bridgehead atoms. The molecule has 72 valence electrons. The van der Waals surface area contributed by atoms with Gasteiger partial charge in [0.25, 0.3) is 6.29 Å². The smallest absolute Gasteiger partial charge is 0.432 e. The van der Waals surface area contributed by atoms with Crippen LogP contribution >= 0.6 is 0 Å². The third-order valence-electron chi connectivity index (χ3n) is 1.91. The number of oxime groups is 1. The van der Waals surface area contributed by atoms with Crippen molar-refractivity contribution < 1.29 is 22.7 Å². The molecule has 0 radical (unpaired) electrons. The first-order chi connectivity index (χ1) is 6.07. The lowest BCUT2D eigenvalue weighted by molar-refractivity contribution is -0.133. The summed E-state index contributed by atoms with van der Waals surface area (Å²) < 4.78 is 41.2. The minimum absolute atomic E-state index is 0.176. The van der Waals surface area contributed by atoms with Gasteiger partial charge in [0.05, 0.1) is 12.2 Å². The number of nitrogens with zero attached hydrogens (tertiary/aromatic N) is 1. The van der Waals surface area contributed by atoms with Crippen LogP contribution in [0.15, 0.2) is 17.5 Å². The molecule has 0 aromatic rings. The molecule has 2 aliphatic rings. The summed E-state index contributed by atoms with van der Waals surface area (Å²) in [4.78, 5) is 4.52. The van der Waals surface area contributed by atoms with Crippen LogP contribution in [0.5, 0.6) is 0 Å². The number of ether oxygens (including phenoxy) is 1. The van der Waals surface area contributed by atoms with Crippen LogP contribution in [-0.4, -0.2) is 18.2 Å². The zero-order chi connectivity index (χ0) is 9.47. The van der Waals surface area contributed by atoms with E-state index in [4.69, 9.17) is 4.74 Å². The molecule has 0 saturated heterocycles. The molecule has 3 nitrogen and oxygen atoms in total. The maximum Gasteiger partial charge on any atom is 0.432 e. The van der Waals surface area contributed by atoms with Crippen LogP contribution < -0.4 is 0 Å². The van der Waals surface area contributed by atoms with Gasteiger partial charge in [0.1, 0.15) is 0 Å². The number of rotatable bonds is 0. The van der Waals surface area contributed by atoms with Gasteiger partial charge in [0, 0.05) is 6.42 Å². The molecule has 0 amide bonds. The zero-order valence-electron chi connectivity index (χ0n) is 6.41. The summed E-state index contributed by atoms with van der Waals surface area (Å²) in [5.74, 6) is -0.367. The highest BCUT2D eigenvalue weighted by atomic mass is 19.4. The number of hydrogen-bond donors (Lipinski definition) is 0. The lowest BCUT2D eigenvalue weighted by atomic mass is 10.0. The molecule has 0 fully saturated rings. The Morgan fingerprint density at radius 3 is 2.92 bits per heavy atom. The van der Waals surface area contributed by atoms with Crippen molar-refractivity contribution in [1.82, 2.24) is 0 Å². The van der Waals surface area contributed by atoms with Crippen LogP contribution in [0.4, 0.5) is 13.2 Å². The van der Waals surface area contributed by atoms with E-state index in [-0.39, 0.29) is 12.3 Å². The lowest BCUT2D eigenvalue weighted by Gasteiger charge is -2.23. The molecule has 2 unspecified atom stereocenters. The van der Waals surface area contributed by atoms with Gasteiger partial charge in [0.2, 0.25) is 0 Å². The van der Waals surface area contributed by atoms with Crippen molar-refractivity contribution in [3.8, 4) is 0 Å². The predicted octanol–water partition coefficient (Wildman–Crippen LogP) is 1.81. The normalized spacial score (nSPS) is 31.8. The second-order valence-electron chi connectivity index (χ2n) is 2.84. The van der Waals surface area contributed by atoms with E-state index in [2.05, 4.69) is 9.99 Å². The summed E-state index contributed by atoms with van der Waals surface area (Å²) >= 11 is 0. The van der Waals surface area contributed by atoms with E-state index in [1.54, 1.807) is 6.08 Å². The van der Waals surface area contributed by atoms with Crippen LogP contribution in [0, 0.1) is 5.92 Å². The maximum atomic E-state index is 12.1. The molecule has 0 aromatic carbocycles. The Balaban J connectivity index is 2.13. The standard InChI is InChI=1S/C7H6F3NO2/c8-7(9,10)5-3-4-1-2-12-6(4)13-11-5/h1-2,4,6H,3H2. The second-order valence-corrected chi connectivity index (χ2v) is 2.84. The zero-order valence-corrected chi connectivity index (χ0v) is 6.41. The number of hydrogen-bond acceptors (Lipinski definition) is 3. The summed E-state index contributed by atoms with van der Waals surface area (Å²) in [6.45, 7) is 0. The highest BCUT2D eigenvalue weighted by molar-refractivity contribution is 5.90. The average Bonchev–Trinajstić information content (AvgIpc) is 2.47. The SMILES string of the molecule is FC(F)(F)C1=NOC2OC=CC2C1. The molecule has 6 heteroatoms. The second kappa shape index (κ2) is 2.65. The Kier molecular flexibility index (Phi) is 1.71. The number of fused-ring (bicyclic) bond motifs is 1. The van der Waals surface area contributed by atoms with Crippen molar-refractivity contribution in [2.75, 3.05) is 0 Å². The van der Waals surface area contributed by atoms with Gasteiger partial charge in [0.15, 0.2) is 5.71 Å². The Bertz CT molecular complexity index is 271. The molecule has 0 spiro atoms. The van der Waals surface area contributed by atoms with Gasteiger partial charge >= 0.3 is 6.18 Å². The average molecular weight is 193 g/mol. The van der Waals surface area contributed by atoms with Crippen molar-refractivity contribution in [3.05, 3.63) is 12.3 Å². The minimum atomic E-state index is -4.40. The van der Waals surface area contributed by atoms with E-state index in [1.807, 2.05) is 0 Å². The summed E-state index contributed by atoms with van der Waals surface area (Å²) in [6.07, 6.45) is -2.37. The van der Waals surface area contributed by atoms with Crippen LogP contribution in [0.25, 0.3) is 0 Å². The molecular weight excluding hydrogens is 187 g/mol. The third-order valence-corrected chi connectivity index (χ3v) is 1.91. The van der Waals surface area contributed by atoms with Crippen LogP contribution in [-0.2, 0) is 9.57 Å². The molecule has 13 heavy (non-hydrogen) atoms. The van der Waals surface area contributed by atoms with Crippen LogP contribution in [0.3, 0.4) is 0 Å². The van der Waals surface area contributed by atoms with Crippen molar-refractivity contribution in [1.29, 1.82) is 0 Å². The topological polar surface area (TPSA) is 30.8 Å². The van der Waals surface area contributed by atoms with Crippen molar-refractivity contribution >= 4 is 5.71 Å². The Morgan fingerprint density at radius 1 is 1.46 bits per heavy atom. The highest BCUT2D eigenvalue weighted by Gasteiger charge is 2.43. The summed E-state index contributed by atoms with van der Waals surface area (Å²) in [5.41, 5.74) is -0.885. The van der Waals surface area contributed by atoms with E-state index < -0.39 is 18.2 Å². The van der Waals surface area contributed by atoms with Gasteiger partial charge < -0.3 is 9.57 Å². The minimum Gasteiger partial charge on any atom is -0.460 e. The third kappa shape index (κ3) is 1.48. The monoisotopic (exact) mass is 193 g/mol. The first-order valence-electron chi connectivity index (χ1n) is 3.69. The molecule has 0 aromatic heterocycles. The molecule has 2 rings (SSSR count). The summed E-state index contributed by atoms with van der Waals surface area (Å²) in [6, 6.07) is 0. The van der Waals surface area contributed by atoms with E-state index in [0.29, 0.717) is 0 Å². The van der Waals surface area contributed by atoms with Gasteiger partial charge in [-0.15, -0.1) is 0 Å². The highest BCUT2D eigenvalue weighted by Crippen LogP contribution is 2.32.